The molecule has 0 saturated carbocycles. The van der Waals surface area contributed by atoms with E-state index in [2.05, 4.69) is 20.4 Å². The summed E-state index contributed by atoms with van der Waals surface area (Å²) in [5, 5.41) is 12.3. The van der Waals surface area contributed by atoms with Gasteiger partial charge in [0.15, 0.2) is 5.03 Å². The minimum atomic E-state index is -3.91. The first-order chi connectivity index (χ1) is 17.5. The second-order valence-corrected chi connectivity index (χ2v) is 12.5. The van der Waals surface area contributed by atoms with Gasteiger partial charge in [-0.2, -0.15) is 5.10 Å². The molecule has 0 unspecified atom stereocenters. The average Bonchev–Trinajstić information content (AvgIpc) is 3.27. The number of carbonyl (C=O) groups is 1. The zero-order valence-electron chi connectivity index (χ0n) is 20.9. The SMILES string of the molecule is CC(C)(C)OC(=O)NC1CCN(c2ccc3n[nH]c(S(=O)(=O)c4cccc5c(Cl)cccc45)c3c2)CC1. The van der Waals surface area contributed by atoms with Crippen LogP contribution in [-0.2, 0) is 14.6 Å². The average molecular weight is 541 g/mol. The number of sulfone groups is 1. The van der Waals surface area contributed by atoms with E-state index in [4.69, 9.17) is 16.3 Å². The number of benzene rings is 3. The Morgan fingerprint density at radius 3 is 2.49 bits per heavy atom. The summed E-state index contributed by atoms with van der Waals surface area (Å²) in [4.78, 5) is 14.5. The van der Waals surface area contributed by atoms with Crippen molar-refractivity contribution in [3.63, 3.8) is 0 Å². The first-order valence-electron chi connectivity index (χ1n) is 12.2. The molecule has 1 fully saturated rings. The topological polar surface area (TPSA) is 104 Å². The van der Waals surface area contributed by atoms with E-state index in [9.17, 15) is 13.2 Å². The largest absolute Gasteiger partial charge is 0.444 e. The van der Waals surface area contributed by atoms with Gasteiger partial charge in [0, 0.05) is 46.0 Å². The normalized spacial score (nSPS) is 15.3. The summed E-state index contributed by atoms with van der Waals surface area (Å²) in [7, 11) is -3.91. The number of amides is 1. The summed E-state index contributed by atoms with van der Waals surface area (Å²) in [6.45, 7) is 6.95. The second-order valence-electron chi connectivity index (χ2n) is 10.3. The number of carbonyl (C=O) groups excluding carboxylic acids is 1. The van der Waals surface area contributed by atoms with Gasteiger partial charge in [-0.05, 0) is 63.9 Å². The van der Waals surface area contributed by atoms with Crippen molar-refractivity contribution in [2.45, 2.75) is 55.2 Å². The predicted octanol–water partition coefficient (Wildman–Crippen LogP) is 5.70. The number of aromatic amines is 1. The van der Waals surface area contributed by atoms with Gasteiger partial charge in [-0.3, -0.25) is 5.10 Å². The lowest BCUT2D eigenvalue weighted by Crippen LogP contribution is -2.46. The molecule has 194 valence electrons. The van der Waals surface area contributed by atoms with E-state index in [1.54, 1.807) is 36.4 Å². The van der Waals surface area contributed by atoms with Gasteiger partial charge >= 0.3 is 6.09 Å². The molecule has 0 atom stereocenters. The molecule has 2 N–H and O–H groups in total. The van der Waals surface area contributed by atoms with Crippen molar-refractivity contribution in [1.82, 2.24) is 15.5 Å². The molecule has 3 aromatic carbocycles. The Balaban J connectivity index is 1.40. The molecule has 1 aliphatic rings. The molecule has 0 aliphatic carbocycles. The fourth-order valence-electron chi connectivity index (χ4n) is 4.72. The van der Waals surface area contributed by atoms with Crippen molar-refractivity contribution in [2.75, 3.05) is 18.0 Å². The van der Waals surface area contributed by atoms with E-state index in [-0.39, 0.29) is 16.0 Å². The Bertz CT molecular complexity index is 1590. The fourth-order valence-corrected chi connectivity index (χ4v) is 6.52. The number of halogens is 1. The van der Waals surface area contributed by atoms with Crippen LogP contribution < -0.4 is 10.2 Å². The van der Waals surface area contributed by atoms with Crippen molar-refractivity contribution >= 4 is 54.9 Å². The number of H-pyrrole nitrogens is 1. The molecular formula is C27H29ClN4O4S. The van der Waals surface area contributed by atoms with Crippen LogP contribution in [-0.4, -0.2) is 49.4 Å². The Hall–Kier alpha value is -3.30. The molecule has 4 aromatic rings. The van der Waals surface area contributed by atoms with E-state index in [0.717, 1.165) is 18.5 Å². The molecule has 1 saturated heterocycles. The summed E-state index contributed by atoms with van der Waals surface area (Å²) in [6, 6.07) is 16.0. The first-order valence-corrected chi connectivity index (χ1v) is 14.0. The standard InChI is InChI=1S/C27H29ClN4O4S/c1-27(2,3)36-26(33)29-17-12-14-32(15-13-17)18-10-11-23-21(16-18)25(31-30-23)37(34,35)24-9-5-6-19-20(24)7-4-8-22(19)28/h4-11,16-17H,12-15H2,1-3H3,(H,29,33)(H,30,31). The van der Waals surface area contributed by atoms with Crippen LogP contribution >= 0.6 is 11.6 Å². The van der Waals surface area contributed by atoms with Crippen molar-refractivity contribution in [1.29, 1.82) is 0 Å². The van der Waals surface area contributed by atoms with Crippen LogP contribution in [0.15, 0.2) is 64.5 Å². The number of hydrogen-bond acceptors (Lipinski definition) is 6. The summed E-state index contributed by atoms with van der Waals surface area (Å²) in [5.74, 6) is 0. The smallest absolute Gasteiger partial charge is 0.407 e. The van der Waals surface area contributed by atoms with Crippen LogP contribution in [0.5, 0.6) is 0 Å². The monoisotopic (exact) mass is 540 g/mol. The lowest BCUT2D eigenvalue weighted by molar-refractivity contribution is 0.0497. The van der Waals surface area contributed by atoms with Gasteiger partial charge in [0.25, 0.3) is 0 Å². The number of anilines is 1. The zero-order valence-corrected chi connectivity index (χ0v) is 22.5. The van der Waals surface area contributed by atoms with E-state index in [0.29, 0.717) is 39.8 Å². The third-order valence-electron chi connectivity index (χ3n) is 6.47. The lowest BCUT2D eigenvalue weighted by atomic mass is 10.0. The van der Waals surface area contributed by atoms with Gasteiger partial charge in [-0.15, -0.1) is 0 Å². The van der Waals surface area contributed by atoms with Gasteiger partial charge in [0.05, 0.1) is 10.4 Å². The van der Waals surface area contributed by atoms with Crippen LogP contribution in [0.1, 0.15) is 33.6 Å². The summed E-state index contributed by atoms with van der Waals surface area (Å²) < 4.78 is 32.9. The van der Waals surface area contributed by atoms with Crippen molar-refractivity contribution < 1.29 is 17.9 Å². The van der Waals surface area contributed by atoms with Crippen molar-refractivity contribution in [3.05, 3.63) is 59.6 Å². The van der Waals surface area contributed by atoms with Crippen LogP contribution in [0.25, 0.3) is 21.7 Å². The molecule has 8 nitrogen and oxygen atoms in total. The molecular weight excluding hydrogens is 512 g/mol. The molecule has 1 amide bonds. The number of alkyl carbamates (subject to hydrolysis) is 1. The maximum absolute atomic E-state index is 13.8. The Morgan fingerprint density at radius 2 is 1.76 bits per heavy atom. The van der Waals surface area contributed by atoms with E-state index in [1.165, 1.54) is 0 Å². The summed E-state index contributed by atoms with van der Waals surface area (Å²) >= 11 is 6.32. The number of fused-ring (bicyclic) bond motifs is 2. The molecule has 0 radical (unpaired) electrons. The molecule has 2 heterocycles. The maximum atomic E-state index is 13.8. The van der Waals surface area contributed by atoms with Gasteiger partial charge < -0.3 is 15.0 Å². The van der Waals surface area contributed by atoms with Gasteiger partial charge in [-0.25, -0.2) is 13.2 Å². The number of nitrogens with zero attached hydrogens (tertiary/aromatic N) is 2. The van der Waals surface area contributed by atoms with Gasteiger partial charge in [-0.1, -0.05) is 35.9 Å². The van der Waals surface area contributed by atoms with Crippen LogP contribution in [0.4, 0.5) is 10.5 Å². The highest BCUT2D eigenvalue weighted by atomic mass is 35.5. The van der Waals surface area contributed by atoms with Gasteiger partial charge in [0.2, 0.25) is 9.84 Å². The highest BCUT2D eigenvalue weighted by molar-refractivity contribution is 7.91. The third kappa shape index (κ3) is 5.10. The van der Waals surface area contributed by atoms with Crippen LogP contribution in [0.2, 0.25) is 5.02 Å². The zero-order chi connectivity index (χ0) is 26.4. The van der Waals surface area contributed by atoms with Crippen molar-refractivity contribution in [2.24, 2.45) is 0 Å². The lowest BCUT2D eigenvalue weighted by Gasteiger charge is -2.34. The van der Waals surface area contributed by atoms with E-state index < -0.39 is 21.5 Å². The molecule has 0 bridgehead atoms. The Kier molecular flexibility index (Phi) is 6.53. The quantitative estimate of drug-likeness (QED) is 0.344. The first kappa shape index (κ1) is 25.4. The highest BCUT2D eigenvalue weighted by Gasteiger charge is 2.27. The van der Waals surface area contributed by atoms with E-state index >= 15 is 0 Å². The molecule has 5 rings (SSSR count). The minimum absolute atomic E-state index is 0.0258. The molecule has 0 spiro atoms. The van der Waals surface area contributed by atoms with Gasteiger partial charge in [0.1, 0.15) is 5.60 Å². The highest BCUT2D eigenvalue weighted by Crippen LogP contribution is 2.35. The molecule has 10 heteroatoms. The molecule has 1 aliphatic heterocycles. The molecule has 37 heavy (non-hydrogen) atoms. The van der Waals surface area contributed by atoms with Crippen molar-refractivity contribution in [3.8, 4) is 0 Å². The number of hydrogen-bond donors (Lipinski definition) is 2. The Morgan fingerprint density at radius 1 is 1.05 bits per heavy atom. The summed E-state index contributed by atoms with van der Waals surface area (Å²) in [6.07, 6.45) is 1.10. The maximum Gasteiger partial charge on any atom is 0.407 e. The number of aromatic nitrogens is 2. The number of rotatable bonds is 4. The predicted molar refractivity (Wildman–Crippen MR) is 145 cm³/mol. The Labute approximate surface area is 220 Å². The number of ether oxygens (including phenoxy) is 1. The minimum Gasteiger partial charge on any atom is -0.444 e. The second kappa shape index (κ2) is 9.54. The van der Waals surface area contributed by atoms with Crippen LogP contribution in [0.3, 0.4) is 0 Å². The molecule has 1 aromatic heterocycles. The van der Waals surface area contributed by atoms with E-state index in [1.807, 2.05) is 39.0 Å². The number of nitrogens with one attached hydrogen (secondary N) is 2. The third-order valence-corrected chi connectivity index (χ3v) is 8.58. The fraction of sp³-hybridized carbons (Fsp3) is 0.333. The summed E-state index contributed by atoms with van der Waals surface area (Å²) in [5.41, 5.74) is 0.935. The number of piperidine rings is 1. The van der Waals surface area contributed by atoms with Crippen LogP contribution in [0, 0.1) is 0 Å².